The lowest BCUT2D eigenvalue weighted by atomic mass is 9.81. The lowest BCUT2D eigenvalue weighted by Gasteiger charge is -2.30. The van der Waals surface area contributed by atoms with E-state index in [2.05, 4.69) is 172 Å². The molecule has 216 valence electrons. The number of rotatable bonds is 3. The Morgan fingerprint density at radius 3 is 1.47 bits per heavy atom. The van der Waals surface area contributed by atoms with Crippen LogP contribution in [-0.2, 0) is 10.8 Å². The molecular formula is C44H35N. The molecule has 0 radical (unpaired) electrons. The van der Waals surface area contributed by atoms with Gasteiger partial charge in [0.2, 0.25) is 0 Å². The number of anilines is 3. The Morgan fingerprint density at radius 1 is 0.333 bits per heavy atom. The van der Waals surface area contributed by atoms with Gasteiger partial charge in [0.1, 0.15) is 0 Å². The number of hydrogen-bond donors (Lipinski definition) is 0. The third-order valence-electron chi connectivity index (χ3n) is 10.6. The van der Waals surface area contributed by atoms with E-state index in [1.165, 1.54) is 83.1 Å². The molecule has 0 unspecified atom stereocenters. The highest BCUT2D eigenvalue weighted by atomic mass is 15.1. The van der Waals surface area contributed by atoms with Gasteiger partial charge in [-0.15, -0.1) is 0 Å². The van der Waals surface area contributed by atoms with Crippen LogP contribution in [0.4, 0.5) is 17.1 Å². The van der Waals surface area contributed by atoms with Gasteiger partial charge < -0.3 is 4.90 Å². The second-order valence-electron chi connectivity index (χ2n) is 13.9. The lowest BCUT2D eigenvalue weighted by Crippen LogP contribution is -2.18. The van der Waals surface area contributed by atoms with Crippen LogP contribution in [0.15, 0.2) is 140 Å². The molecule has 0 saturated heterocycles. The van der Waals surface area contributed by atoms with Gasteiger partial charge >= 0.3 is 0 Å². The molecule has 9 rings (SSSR count). The molecule has 0 fully saturated rings. The molecule has 7 aromatic rings. The Hall–Kier alpha value is -5.14. The molecule has 45 heavy (non-hydrogen) atoms. The van der Waals surface area contributed by atoms with Crippen molar-refractivity contribution in [1.29, 1.82) is 0 Å². The fourth-order valence-electron chi connectivity index (χ4n) is 8.14. The summed E-state index contributed by atoms with van der Waals surface area (Å²) in [6, 6.07) is 52.1. The first-order valence-corrected chi connectivity index (χ1v) is 16.0. The Morgan fingerprint density at radius 2 is 0.778 bits per heavy atom. The summed E-state index contributed by atoms with van der Waals surface area (Å²) < 4.78 is 0. The van der Waals surface area contributed by atoms with E-state index >= 15 is 0 Å². The normalized spacial score (nSPS) is 15.0. The smallest absolute Gasteiger partial charge is 0.0468 e. The molecule has 0 heterocycles. The molecule has 0 saturated carbocycles. The number of hydrogen-bond acceptors (Lipinski definition) is 1. The standard InChI is InChI=1S/C44H35N/c1-43(2)39-16-10-9-15-35(39)36-21-19-33(26-41(36)43)45(32-18-17-28-11-5-6-12-29(28)23-32)34-20-22-37-38-24-30-13-7-8-14-31(30)25-40(38)44(3,4)42(37)27-34/h5-27H,1-4H3. The molecule has 2 aliphatic carbocycles. The summed E-state index contributed by atoms with van der Waals surface area (Å²) >= 11 is 0. The van der Waals surface area contributed by atoms with Gasteiger partial charge in [0.25, 0.3) is 0 Å². The molecule has 0 spiro atoms. The van der Waals surface area contributed by atoms with Crippen LogP contribution >= 0.6 is 0 Å². The zero-order valence-corrected chi connectivity index (χ0v) is 26.2. The van der Waals surface area contributed by atoms with Crippen molar-refractivity contribution < 1.29 is 0 Å². The van der Waals surface area contributed by atoms with Crippen molar-refractivity contribution in [3.63, 3.8) is 0 Å². The van der Waals surface area contributed by atoms with Crippen LogP contribution in [0.1, 0.15) is 49.9 Å². The molecule has 0 atom stereocenters. The lowest BCUT2D eigenvalue weighted by molar-refractivity contribution is 0.660. The van der Waals surface area contributed by atoms with E-state index in [4.69, 9.17) is 0 Å². The number of benzene rings is 7. The van der Waals surface area contributed by atoms with Gasteiger partial charge in [-0.2, -0.15) is 0 Å². The van der Waals surface area contributed by atoms with Crippen molar-refractivity contribution in [2.45, 2.75) is 38.5 Å². The predicted octanol–water partition coefficient (Wildman–Crippen LogP) is 12.1. The van der Waals surface area contributed by atoms with E-state index < -0.39 is 0 Å². The summed E-state index contributed by atoms with van der Waals surface area (Å²) in [5.74, 6) is 0. The first-order valence-electron chi connectivity index (χ1n) is 16.0. The maximum atomic E-state index is 2.46. The van der Waals surface area contributed by atoms with Crippen LogP contribution in [0.3, 0.4) is 0 Å². The first-order chi connectivity index (χ1) is 21.8. The minimum Gasteiger partial charge on any atom is -0.310 e. The summed E-state index contributed by atoms with van der Waals surface area (Å²) in [6.07, 6.45) is 0. The average molecular weight is 578 g/mol. The first kappa shape index (κ1) is 26.3. The van der Waals surface area contributed by atoms with Crippen LogP contribution in [0.5, 0.6) is 0 Å². The van der Waals surface area contributed by atoms with Gasteiger partial charge in [-0.3, -0.25) is 0 Å². The van der Waals surface area contributed by atoms with Gasteiger partial charge in [0, 0.05) is 27.9 Å². The molecule has 0 aliphatic heterocycles. The number of fused-ring (bicyclic) bond motifs is 8. The van der Waals surface area contributed by atoms with E-state index in [1.54, 1.807) is 0 Å². The fraction of sp³-hybridized carbons (Fsp3) is 0.136. The highest BCUT2D eigenvalue weighted by Crippen LogP contribution is 2.53. The maximum Gasteiger partial charge on any atom is 0.0468 e. The maximum absolute atomic E-state index is 2.46. The summed E-state index contributed by atoms with van der Waals surface area (Å²) in [7, 11) is 0. The van der Waals surface area contributed by atoms with Gasteiger partial charge in [-0.1, -0.05) is 119 Å². The Kier molecular flexibility index (Phi) is 5.37. The zero-order chi connectivity index (χ0) is 30.5. The molecule has 0 amide bonds. The van der Waals surface area contributed by atoms with E-state index in [1.807, 2.05) is 0 Å². The Bertz CT molecular complexity index is 2340. The van der Waals surface area contributed by atoms with Crippen LogP contribution in [-0.4, -0.2) is 0 Å². The molecule has 1 heteroatoms. The predicted molar refractivity (Wildman–Crippen MR) is 191 cm³/mol. The van der Waals surface area contributed by atoms with Gasteiger partial charge in [-0.05, 0) is 115 Å². The summed E-state index contributed by atoms with van der Waals surface area (Å²) in [5, 5.41) is 5.10. The summed E-state index contributed by atoms with van der Waals surface area (Å²) in [6.45, 7) is 9.49. The minimum atomic E-state index is -0.110. The van der Waals surface area contributed by atoms with Crippen molar-refractivity contribution in [1.82, 2.24) is 0 Å². The van der Waals surface area contributed by atoms with Crippen molar-refractivity contribution in [2.24, 2.45) is 0 Å². The van der Waals surface area contributed by atoms with E-state index in [0.717, 1.165) is 0 Å². The summed E-state index contributed by atoms with van der Waals surface area (Å²) in [4.78, 5) is 2.46. The minimum absolute atomic E-state index is 0.0689. The molecular weight excluding hydrogens is 542 g/mol. The van der Waals surface area contributed by atoms with Crippen LogP contribution in [0.2, 0.25) is 0 Å². The largest absolute Gasteiger partial charge is 0.310 e. The highest BCUT2D eigenvalue weighted by molar-refractivity contribution is 5.95. The van der Waals surface area contributed by atoms with Crippen molar-refractivity contribution in [2.75, 3.05) is 4.90 Å². The molecule has 1 nitrogen and oxygen atoms in total. The Balaban J connectivity index is 1.25. The highest BCUT2D eigenvalue weighted by Gasteiger charge is 2.38. The second kappa shape index (κ2) is 9.19. The second-order valence-corrected chi connectivity index (χ2v) is 13.9. The van der Waals surface area contributed by atoms with E-state index in [9.17, 15) is 0 Å². The zero-order valence-electron chi connectivity index (χ0n) is 26.2. The molecule has 0 aromatic heterocycles. The van der Waals surface area contributed by atoms with E-state index in [0.29, 0.717) is 0 Å². The van der Waals surface area contributed by atoms with E-state index in [-0.39, 0.29) is 10.8 Å². The van der Waals surface area contributed by atoms with Gasteiger partial charge in [0.05, 0.1) is 0 Å². The number of nitrogens with zero attached hydrogens (tertiary/aromatic N) is 1. The van der Waals surface area contributed by atoms with Gasteiger partial charge in [-0.25, -0.2) is 0 Å². The molecule has 0 bridgehead atoms. The SMILES string of the molecule is CC1(C)c2ccccc2-c2ccc(N(c3ccc4c(c3)C(C)(C)c3cc5ccccc5cc3-4)c3ccc4ccccc4c3)cc21. The average Bonchev–Trinajstić information content (AvgIpc) is 3.42. The monoisotopic (exact) mass is 577 g/mol. The Labute approximate surface area is 265 Å². The molecule has 7 aromatic carbocycles. The van der Waals surface area contributed by atoms with Crippen molar-refractivity contribution >= 4 is 38.6 Å². The van der Waals surface area contributed by atoms with Crippen molar-refractivity contribution in [3.05, 3.63) is 162 Å². The van der Waals surface area contributed by atoms with Crippen LogP contribution < -0.4 is 4.90 Å². The van der Waals surface area contributed by atoms with Crippen LogP contribution in [0.25, 0.3) is 43.8 Å². The third-order valence-corrected chi connectivity index (χ3v) is 10.6. The summed E-state index contributed by atoms with van der Waals surface area (Å²) in [5.41, 5.74) is 14.3. The fourth-order valence-corrected chi connectivity index (χ4v) is 8.14. The van der Waals surface area contributed by atoms with Crippen molar-refractivity contribution in [3.8, 4) is 22.3 Å². The molecule has 2 aliphatic rings. The topological polar surface area (TPSA) is 3.24 Å². The quantitative estimate of drug-likeness (QED) is 0.202. The van der Waals surface area contributed by atoms with Crippen LogP contribution in [0, 0.1) is 0 Å². The van der Waals surface area contributed by atoms with Gasteiger partial charge in [0.15, 0.2) is 0 Å². The molecule has 0 N–H and O–H groups in total. The third kappa shape index (κ3) is 3.74.